The average Bonchev–Trinajstić information content (AvgIpc) is 3.17. The topological polar surface area (TPSA) is 68.4 Å². The number of anilines is 1. The second-order valence-electron chi connectivity index (χ2n) is 6.79. The van der Waals surface area contributed by atoms with Crippen molar-refractivity contribution in [2.24, 2.45) is 0 Å². The number of carbonyl (C=O) groups is 1. The molecule has 0 unspecified atom stereocenters. The summed E-state index contributed by atoms with van der Waals surface area (Å²) in [6.45, 7) is 4.04. The number of nitrogens with zero attached hydrogens (tertiary/aromatic N) is 3. The van der Waals surface area contributed by atoms with E-state index in [0.29, 0.717) is 14.9 Å². The minimum absolute atomic E-state index is 0.0342. The average molecular weight is 436 g/mol. The summed E-state index contributed by atoms with van der Waals surface area (Å²) in [6.07, 6.45) is 1.85. The third-order valence-electron chi connectivity index (χ3n) is 4.88. The normalized spacial score (nSPS) is 15.3. The fourth-order valence-electron chi connectivity index (χ4n) is 3.46. The highest BCUT2D eigenvalue weighted by Crippen LogP contribution is 2.37. The van der Waals surface area contributed by atoms with Crippen LogP contribution in [-0.4, -0.2) is 19.7 Å². The first-order valence-corrected chi connectivity index (χ1v) is 10.4. The molecule has 4 rings (SSSR count). The van der Waals surface area contributed by atoms with Crippen LogP contribution in [0.3, 0.4) is 0 Å². The molecule has 1 fully saturated rings. The van der Waals surface area contributed by atoms with Crippen LogP contribution in [0.25, 0.3) is 11.8 Å². The van der Waals surface area contributed by atoms with Gasteiger partial charge in [-0.2, -0.15) is 0 Å². The summed E-state index contributed by atoms with van der Waals surface area (Å²) in [4.78, 5) is 25.3. The molecule has 0 saturated carbocycles. The number of carbonyl (C=O) groups excluding carboxylic acids is 1. The van der Waals surface area contributed by atoms with Gasteiger partial charge >= 0.3 is 0 Å². The first-order valence-electron chi connectivity index (χ1n) is 9.13. The molecule has 0 N–H and O–H groups in total. The summed E-state index contributed by atoms with van der Waals surface area (Å²) in [6, 6.07) is 17.9. The number of hydrogen-bond donors (Lipinski definition) is 0. The second-order valence-corrected chi connectivity index (χ2v) is 8.46. The monoisotopic (exact) mass is 435 g/mol. The van der Waals surface area contributed by atoms with Gasteiger partial charge in [0, 0.05) is 29.2 Å². The van der Waals surface area contributed by atoms with E-state index in [-0.39, 0.29) is 11.6 Å². The summed E-state index contributed by atoms with van der Waals surface area (Å²) >= 11 is 6.63. The van der Waals surface area contributed by atoms with E-state index in [0.717, 1.165) is 22.6 Å². The Morgan fingerprint density at radius 3 is 2.33 bits per heavy atom. The van der Waals surface area contributed by atoms with E-state index in [9.17, 15) is 14.9 Å². The van der Waals surface area contributed by atoms with Gasteiger partial charge < -0.3 is 4.57 Å². The van der Waals surface area contributed by atoms with Crippen LogP contribution in [0.15, 0.2) is 65.6 Å². The van der Waals surface area contributed by atoms with Gasteiger partial charge in [0.1, 0.15) is 0 Å². The molecule has 150 valence electrons. The number of aromatic nitrogens is 1. The fraction of sp³-hybridized carbons (Fsp3) is 0.0909. The SMILES string of the molecule is Cc1cc(/C=C2\SC(=S)N(c3ccc([N+](=O)[O-])cc3)C2=O)c(C)n1-c1ccccc1. The molecule has 3 aromatic rings. The van der Waals surface area contributed by atoms with Gasteiger partial charge in [0.25, 0.3) is 11.6 Å². The van der Waals surface area contributed by atoms with Crippen LogP contribution in [-0.2, 0) is 4.79 Å². The van der Waals surface area contributed by atoms with Crippen LogP contribution >= 0.6 is 24.0 Å². The Kier molecular flexibility index (Phi) is 5.27. The highest BCUT2D eigenvalue weighted by Gasteiger charge is 2.33. The number of para-hydroxylation sites is 1. The molecular formula is C22H17N3O3S2. The minimum Gasteiger partial charge on any atom is -0.318 e. The van der Waals surface area contributed by atoms with Gasteiger partial charge in [-0.15, -0.1) is 0 Å². The molecule has 0 bridgehead atoms. The predicted molar refractivity (Wildman–Crippen MR) is 124 cm³/mol. The van der Waals surface area contributed by atoms with Gasteiger partial charge in [-0.25, -0.2) is 0 Å². The lowest BCUT2D eigenvalue weighted by atomic mass is 10.2. The van der Waals surface area contributed by atoms with E-state index in [1.165, 1.54) is 40.9 Å². The van der Waals surface area contributed by atoms with Crippen molar-refractivity contribution in [3.63, 3.8) is 0 Å². The van der Waals surface area contributed by atoms with E-state index >= 15 is 0 Å². The van der Waals surface area contributed by atoms with Crippen molar-refractivity contribution >= 4 is 51.7 Å². The number of benzene rings is 2. The van der Waals surface area contributed by atoms with Gasteiger partial charge in [-0.3, -0.25) is 19.8 Å². The third kappa shape index (κ3) is 3.55. The Balaban J connectivity index is 1.67. The maximum absolute atomic E-state index is 13.0. The van der Waals surface area contributed by atoms with E-state index in [4.69, 9.17) is 12.2 Å². The van der Waals surface area contributed by atoms with E-state index in [2.05, 4.69) is 4.57 Å². The molecule has 8 heteroatoms. The number of rotatable bonds is 4. The Hall–Kier alpha value is -3.23. The van der Waals surface area contributed by atoms with Gasteiger partial charge in [-0.1, -0.05) is 42.2 Å². The molecule has 2 aromatic carbocycles. The Labute approximate surface area is 183 Å². The zero-order valence-corrected chi connectivity index (χ0v) is 17.9. The molecule has 1 aliphatic rings. The van der Waals surface area contributed by atoms with Crippen LogP contribution < -0.4 is 4.90 Å². The van der Waals surface area contributed by atoms with Crippen molar-refractivity contribution in [3.8, 4) is 5.69 Å². The van der Waals surface area contributed by atoms with Gasteiger partial charge in [0.2, 0.25) is 0 Å². The molecule has 2 heterocycles. The lowest BCUT2D eigenvalue weighted by Gasteiger charge is -2.13. The Morgan fingerprint density at radius 1 is 1.03 bits per heavy atom. The minimum atomic E-state index is -0.476. The summed E-state index contributed by atoms with van der Waals surface area (Å²) in [5.74, 6) is -0.233. The number of aryl methyl sites for hydroxylation is 1. The highest BCUT2D eigenvalue weighted by molar-refractivity contribution is 8.27. The summed E-state index contributed by atoms with van der Waals surface area (Å²) in [7, 11) is 0. The molecule has 0 aliphatic carbocycles. The molecule has 6 nitrogen and oxygen atoms in total. The lowest BCUT2D eigenvalue weighted by Crippen LogP contribution is -2.27. The fourth-order valence-corrected chi connectivity index (χ4v) is 4.75. The first-order chi connectivity index (χ1) is 14.4. The van der Waals surface area contributed by atoms with Crippen molar-refractivity contribution in [3.05, 3.63) is 92.6 Å². The van der Waals surface area contributed by atoms with Crippen LogP contribution in [0, 0.1) is 24.0 Å². The number of thioether (sulfide) groups is 1. The molecule has 0 spiro atoms. The van der Waals surface area contributed by atoms with E-state index in [1.807, 2.05) is 56.3 Å². The zero-order chi connectivity index (χ0) is 21.4. The molecule has 30 heavy (non-hydrogen) atoms. The standard InChI is InChI=1S/C22H17N3O3S2/c1-14-12-16(15(2)23(14)17-6-4-3-5-7-17)13-20-21(26)24(22(29)30-20)18-8-10-19(11-9-18)25(27)28/h3-13H,1-2H3/b20-13-. The quantitative estimate of drug-likeness (QED) is 0.237. The number of hydrogen-bond acceptors (Lipinski definition) is 5. The summed E-state index contributed by atoms with van der Waals surface area (Å²) in [5, 5.41) is 10.9. The molecule has 1 amide bonds. The third-order valence-corrected chi connectivity index (χ3v) is 6.19. The summed E-state index contributed by atoms with van der Waals surface area (Å²) in [5.41, 5.74) is 4.58. The molecule has 1 saturated heterocycles. The number of nitro groups is 1. The highest BCUT2D eigenvalue weighted by atomic mass is 32.2. The van der Waals surface area contributed by atoms with Crippen molar-refractivity contribution in [2.45, 2.75) is 13.8 Å². The van der Waals surface area contributed by atoms with Gasteiger partial charge in [0.05, 0.1) is 15.5 Å². The smallest absolute Gasteiger partial charge is 0.270 e. The summed E-state index contributed by atoms with van der Waals surface area (Å²) < 4.78 is 2.54. The van der Waals surface area contributed by atoms with Crippen molar-refractivity contribution in [1.29, 1.82) is 0 Å². The molecule has 1 aromatic heterocycles. The van der Waals surface area contributed by atoms with Crippen LogP contribution in [0.4, 0.5) is 11.4 Å². The number of non-ortho nitro benzene ring substituents is 1. The van der Waals surface area contributed by atoms with Crippen LogP contribution in [0.2, 0.25) is 0 Å². The molecular weight excluding hydrogens is 418 g/mol. The zero-order valence-electron chi connectivity index (χ0n) is 16.2. The Bertz CT molecular complexity index is 1200. The predicted octanol–water partition coefficient (Wildman–Crippen LogP) is 5.41. The number of amides is 1. The van der Waals surface area contributed by atoms with Crippen molar-refractivity contribution in [1.82, 2.24) is 4.57 Å². The van der Waals surface area contributed by atoms with E-state index in [1.54, 1.807) is 0 Å². The van der Waals surface area contributed by atoms with Crippen molar-refractivity contribution < 1.29 is 9.72 Å². The number of thiocarbonyl (C=S) groups is 1. The second kappa shape index (κ2) is 7.89. The number of nitro benzene ring substituents is 1. The molecule has 1 aliphatic heterocycles. The van der Waals surface area contributed by atoms with Gasteiger partial charge in [-0.05, 0) is 55.8 Å². The lowest BCUT2D eigenvalue weighted by molar-refractivity contribution is -0.384. The maximum Gasteiger partial charge on any atom is 0.270 e. The molecule has 0 atom stereocenters. The van der Waals surface area contributed by atoms with Crippen LogP contribution in [0.5, 0.6) is 0 Å². The molecule has 0 radical (unpaired) electrons. The first kappa shape index (κ1) is 20.1. The van der Waals surface area contributed by atoms with E-state index < -0.39 is 4.92 Å². The van der Waals surface area contributed by atoms with Gasteiger partial charge in [0.15, 0.2) is 4.32 Å². The Morgan fingerprint density at radius 2 is 1.70 bits per heavy atom. The maximum atomic E-state index is 13.0. The van der Waals surface area contributed by atoms with Crippen LogP contribution in [0.1, 0.15) is 17.0 Å². The van der Waals surface area contributed by atoms with Crippen molar-refractivity contribution in [2.75, 3.05) is 4.90 Å². The largest absolute Gasteiger partial charge is 0.318 e.